The second kappa shape index (κ2) is 20.3. The molecule has 7 unspecified atom stereocenters. The molecule has 1 aromatic carbocycles. The van der Waals surface area contributed by atoms with E-state index in [4.69, 9.17) is 18.3 Å². The van der Waals surface area contributed by atoms with Gasteiger partial charge in [-0.15, -0.1) is 0 Å². The molecule has 0 radical (unpaired) electrons. The molecule has 0 aliphatic heterocycles. The molecule has 0 bridgehead atoms. The number of ether oxygens (including phenoxy) is 2. The molecule has 0 spiro atoms. The second-order valence-electron chi connectivity index (χ2n) is 26.8. The van der Waals surface area contributed by atoms with Crippen LogP contribution in [0.4, 0.5) is 0 Å². The molecule has 1 aromatic rings. The van der Waals surface area contributed by atoms with Crippen molar-refractivity contribution >= 4 is 28.2 Å². The minimum atomic E-state index is -1.78. The van der Waals surface area contributed by atoms with Gasteiger partial charge in [0.15, 0.2) is 22.4 Å². The first-order valence-electron chi connectivity index (χ1n) is 26.4. The number of hydrogen-bond donors (Lipinski definition) is 0. The van der Waals surface area contributed by atoms with E-state index in [0.717, 1.165) is 68.6 Å². The average molecular weight is 996 g/mol. The topological polar surface area (TPSA) is 101 Å². The Morgan fingerprint density at radius 1 is 0.647 bits per heavy atom. The van der Waals surface area contributed by atoms with E-state index in [-0.39, 0.29) is 89.3 Å². The quantitative estimate of drug-likeness (QED) is 0.189. The molecule has 8 aliphatic carbocycles. The first-order chi connectivity index (χ1) is 30.7. The fourth-order valence-electron chi connectivity index (χ4n) is 14.8. The molecule has 5 fully saturated rings. The smallest absolute Gasteiger partial charge is 0.870 e. The Bertz CT molecular complexity index is 2100. The van der Waals surface area contributed by atoms with Crippen LogP contribution in [0.25, 0.3) is 0 Å². The Labute approximate surface area is 457 Å². The van der Waals surface area contributed by atoms with Gasteiger partial charge in [-0.25, -0.2) is 0 Å². The monoisotopic (exact) mass is 995 g/mol. The molecular weight excluding hydrogens is 904 g/mol. The maximum atomic E-state index is 13.4. The summed E-state index contributed by atoms with van der Waals surface area (Å²) in [5.41, 5.74) is 4.62. The van der Waals surface area contributed by atoms with Crippen LogP contribution in [-0.2, 0) is 29.8 Å². The van der Waals surface area contributed by atoms with Gasteiger partial charge in [-0.3, -0.25) is 9.59 Å². The minimum Gasteiger partial charge on any atom is -0.870 e. The Kier molecular flexibility index (Phi) is 17.0. The first-order valence-corrected chi connectivity index (χ1v) is 32.2. The average Bonchev–Trinajstić information content (AvgIpc) is 3.69. The number of allylic oxidation sites excluding steroid dienone is 4. The number of carbonyl (C=O) groups excluding carboxylic acids is 2. The Morgan fingerprint density at radius 2 is 1.12 bits per heavy atom. The number of methoxy groups -OCH3 is 1. The number of fused-ring (bicyclic) bond motifs is 10. The van der Waals surface area contributed by atoms with E-state index < -0.39 is 16.6 Å². The van der Waals surface area contributed by atoms with Crippen molar-refractivity contribution in [2.75, 3.05) is 7.11 Å². The minimum absolute atomic E-state index is 0. The van der Waals surface area contributed by atoms with Crippen LogP contribution in [0.3, 0.4) is 0 Å². The van der Waals surface area contributed by atoms with E-state index in [0.29, 0.717) is 71.8 Å². The maximum absolute atomic E-state index is 13.4. The van der Waals surface area contributed by atoms with E-state index in [1.54, 1.807) is 18.3 Å². The molecule has 8 aliphatic rings. The summed E-state index contributed by atoms with van der Waals surface area (Å²) in [5.74, 6) is 4.95. The van der Waals surface area contributed by atoms with E-state index >= 15 is 0 Å². The van der Waals surface area contributed by atoms with Crippen LogP contribution in [0.1, 0.15) is 158 Å². The van der Waals surface area contributed by atoms with Crippen LogP contribution in [-0.4, -0.2) is 59.1 Å². The van der Waals surface area contributed by atoms with Crippen LogP contribution in [0, 0.1) is 57.2 Å². The van der Waals surface area contributed by atoms with E-state index in [1.807, 2.05) is 18.2 Å². The normalized spacial score (nSPS) is 38.6. The Hall–Kier alpha value is -0.510. The molecule has 10 heteroatoms. The third-order valence-corrected chi connectivity index (χ3v) is 30.3. The van der Waals surface area contributed by atoms with Crippen molar-refractivity contribution in [1.29, 1.82) is 0 Å². The van der Waals surface area contributed by atoms with Crippen molar-refractivity contribution in [3.63, 3.8) is 0 Å². The number of hydrogen-bond acceptors (Lipinski definition) is 7. The fraction of sp³-hybridized carbons (Fsp3) is 0.759. The summed E-state index contributed by atoms with van der Waals surface area (Å²) in [5, 5.41) is 0.512. The zero-order chi connectivity index (χ0) is 48.0. The Morgan fingerprint density at radius 3 is 1.62 bits per heavy atom. The van der Waals surface area contributed by atoms with Gasteiger partial charge >= 0.3 is 51.4 Å². The van der Waals surface area contributed by atoms with Crippen molar-refractivity contribution in [2.45, 2.75) is 214 Å². The van der Waals surface area contributed by atoms with Crippen LogP contribution >= 0.6 is 0 Å². The van der Waals surface area contributed by atoms with Gasteiger partial charge in [0, 0.05) is 35.4 Å². The second-order valence-corrected chi connectivity index (χ2v) is 36.3. The van der Waals surface area contributed by atoms with Crippen molar-refractivity contribution < 1.29 is 84.8 Å². The van der Waals surface area contributed by atoms with Gasteiger partial charge in [0.2, 0.25) is 0 Å². The molecule has 0 amide bonds. The van der Waals surface area contributed by atoms with Crippen LogP contribution in [0.15, 0.2) is 59.7 Å². The van der Waals surface area contributed by atoms with Crippen LogP contribution in [0.5, 0.6) is 5.75 Å². The van der Waals surface area contributed by atoms with E-state index in [1.165, 1.54) is 25.7 Å². The third-order valence-electron chi connectivity index (χ3n) is 21.2. The molecule has 68 heavy (non-hydrogen) atoms. The van der Waals surface area contributed by atoms with Crippen LogP contribution in [0.2, 0.25) is 36.3 Å². The molecule has 374 valence electrons. The molecule has 13 atom stereocenters. The van der Waals surface area contributed by atoms with Gasteiger partial charge in [0.25, 0.3) is 0 Å². The van der Waals surface area contributed by atoms with Crippen molar-refractivity contribution in [2.24, 2.45) is 57.2 Å². The summed E-state index contributed by atoms with van der Waals surface area (Å²) in [6.07, 6.45) is 24.3. The SMILES string of the molecule is CC(C)(C)[Si](C)(C)O[C@H]1CC[C@@]2(C)C(=CCC3C2CC[C@]2(C)C(=O)C=CC32)C1.COc1ccc(COC2CC(=O)[C@@]3(C)CCC4C(CC=C5C[C@@H](O[Si](C)(C)C(C)(C)C)CC[C@@]54C)C23)cc1.[K+].[OH-]. The van der Waals surface area contributed by atoms with Crippen molar-refractivity contribution in [3.05, 3.63) is 65.3 Å². The predicted octanol–water partition coefficient (Wildman–Crippen LogP) is 11.6. The van der Waals surface area contributed by atoms with Crippen molar-refractivity contribution in [3.8, 4) is 5.75 Å². The molecule has 0 heterocycles. The largest absolute Gasteiger partial charge is 1.00 e. The predicted molar refractivity (Wildman–Crippen MR) is 276 cm³/mol. The molecule has 5 saturated carbocycles. The first kappa shape index (κ1) is 56.8. The zero-order valence-corrected chi connectivity index (χ0v) is 50.7. The summed E-state index contributed by atoms with van der Waals surface area (Å²) in [6, 6.07) is 8.11. The fourth-order valence-corrected chi connectivity index (χ4v) is 17.6. The molecular formula is C58H91KO7Si2. The van der Waals surface area contributed by atoms with E-state index in [2.05, 4.69) is 126 Å². The number of rotatable bonds is 8. The molecule has 7 nitrogen and oxygen atoms in total. The maximum Gasteiger partial charge on any atom is 1.00 e. The summed E-state index contributed by atoms with van der Waals surface area (Å²) in [4.78, 5) is 25.9. The molecule has 9 rings (SSSR count). The number of ketones is 2. The van der Waals surface area contributed by atoms with Gasteiger partial charge in [-0.2, -0.15) is 0 Å². The van der Waals surface area contributed by atoms with Gasteiger partial charge in [-0.05, 0) is 178 Å². The van der Waals surface area contributed by atoms with Gasteiger partial charge in [0.05, 0.1) is 19.8 Å². The molecule has 1 N–H and O–H groups in total. The third kappa shape index (κ3) is 10.2. The number of benzene rings is 1. The van der Waals surface area contributed by atoms with Gasteiger partial charge in [-0.1, -0.05) is 111 Å². The van der Waals surface area contributed by atoms with Crippen LogP contribution < -0.4 is 56.1 Å². The summed E-state index contributed by atoms with van der Waals surface area (Å²) >= 11 is 0. The summed E-state index contributed by atoms with van der Waals surface area (Å²) < 4.78 is 25.6. The van der Waals surface area contributed by atoms with Gasteiger partial charge < -0.3 is 23.8 Å². The molecule has 0 aromatic heterocycles. The Balaban J connectivity index is 0.000000227. The number of carbonyl (C=O) groups is 2. The summed E-state index contributed by atoms with van der Waals surface area (Å²) in [7, 11) is -1.81. The molecule has 0 saturated heterocycles. The van der Waals surface area contributed by atoms with Gasteiger partial charge in [0.1, 0.15) is 11.5 Å². The van der Waals surface area contributed by atoms with Crippen molar-refractivity contribution in [1.82, 2.24) is 0 Å². The number of Topliss-reactive ketones (excluding diaryl/α,β-unsaturated/α-hetero) is 1. The summed E-state index contributed by atoms with van der Waals surface area (Å²) in [6.45, 7) is 33.7. The zero-order valence-electron chi connectivity index (χ0n) is 45.6. The van der Waals surface area contributed by atoms with E-state index in [9.17, 15) is 9.59 Å². The standard InChI is InChI=1S/C33H50O4Si.C25H40O2Si.K.H2O/c1-31(2,3)38(7,8)37-25-15-17-32(4)23(19-25)11-14-26-27(32)16-18-33(5)29(34)20-28(30(26)33)36-21-22-9-12-24(35-6)13-10-22;1-23(2,3)28(6,7)27-18-12-14-24(4)17(16-18)8-9-19-20-10-11-22(26)25(20,5)15-13-21(19)24;;/h9-13,25-28,30H,14-21H2,1-8H3;8,10-11,18-21H,9,12-16H2,1-7H3;;1H2/q;;+1;/p-1/t25-,26?,27?,28?,30?,32-,33+;18-,19?,20?,21?,24-,25-;;/m00../s1.